The first kappa shape index (κ1) is 33.7. The quantitative estimate of drug-likeness (QED) is 0.252. The molecule has 2 N–H and O–H groups in total. The number of carbonyl (C=O) groups excluding carboxylic acids is 3. The van der Waals surface area contributed by atoms with Gasteiger partial charge in [-0.1, -0.05) is 31.7 Å². The van der Waals surface area contributed by atoms with E-state index < -0.39 is 6.09 Å². The molecule has 0 spiro atoms. The van der Waals surface area contributed by atoms with Crippen molar-refractivity contribution in [1.82, 2.24) is 20.0 Å². The van der Waals surface area contributed by atoms with Crippen molar-refractivity contribution in [3.8, 4) is 5.75 Å². The largest absolute Gasteiger partial charge is 0.415 e. The predicted octanol–water partition coefficient (Wildman–Crippen LogP) is 3.73. The number of nitrogens with one attached hydrogen (secondary N) is 1. The van der Waals surface area contributed by atoms with Crippen LogP contribution in [0.3, 0.4) is 0 Å². The molecule has 0 bridgehead atoms. The first-order chi connectivity index (χ1) is 18.2. The summed E-state index contributed by atoms with van der Waals surface area (Å²) >= 11 is 1.68. The lowest BCUT2D eigenvalue weighted by atomic mass is 10.1. The van der Waals surface area contributed by atoms with E-state index in [4.69, 9.17) is 4.74 Å². The fraction of sp³-hybridized carbons (Fsp3) is 0.679. The van der Waals surface area contributed by atoms with Gasteiger partial charge in [-0.15, -0.1) is 0 Å². The molecule has 0 aliphatic heterocycles. The van der Waals surface area contributed by atoms with Crippen molar-refractivity contribution >= 4 is 29.7 Å². The molecule has 1 aromatic carbocycles. The van der Waals surface area contributed by atoms with Crippen LogP contribution in [0.1, 0.15) is 63.0 Å². The third-order valence-electron chi connectivity index (χ3n) is 6.22. The van der Waals surface area contributed by atoms with Gasteiger partial charge >= 0.3 is 6.09 Å². The van der Waals surface area contributed by atoms with E-state index >= 15 is 0 Å². The molecule has 38 heavy (non-hydrogen) atoms. The fourth-order valence-electron chi connectivity index (χ4n) is 3.77. The van der Waals surface area contributed by atoms with Crippen LogP contribution in [0.4, 0.5) is 4.79 Å². The van der Waals surface area contributed by atoms with Crippen LogP contribution in [-0.2, 0) is 22.7 Å². The SMILES string of the molecule is CSCCC(=O)NCCCCCCCCN(Cc1cc(CO)ccc1OC(=O)N(C)CCN(C)C)C(C)=O. The van der Waals surface area contributed by atoms with Crippen molar-refractivity contribution in [2.24, 2.45) is 0 Å². The van der Waals surface area contributed by atoms with Gasteiger partial charge in [-0.2, -0.15) is 11.8 Å². The average molecular weight is 553 g/mol. The summed E-state index contributed by atoms with van der Waals surface area (Å²) in [5, 5.41) is 12.6. The molecule has 9 nitrogen and oxygen atoms in total. The molecule has 0 saturated carbocycles. The van der Waals surface area contributed by atoms with Crippen molar-refractivity contribution in [1.29, 1.82) is 0 Å². The van der Waals surface area contributed by atoms with Gasteiger partial charge in [0.25, 0.3) is 0 Å². The molecule has 10 heteroatoms. The summed E-state index contributed by atoms with van der Waals surface area (Å²) in [5.74, 6) is 1.34. The van der Waals surface area contributed by atoms with Crippen LogP contribution in [0.5, 0.6) is 5.75 Å². The van der Waals surface area contributed by atoms with E-state index in [-0.39, 0.29) is 18.4 Å². The number of ether oxygens (including phenoxy) is 1. The Balaban J connectivity index is 2.53. The van der Waals surface area contributed by atoms with E-state index in [1.807, 2.05) is 25.3 Å². The van der Waals surface area contributed by atoms with Gasteiger partial charge in [0.2, 0.25) is 11.8 Å². The van der Waals surface area contributed by atoms with E-state index in [9.17, 15) is 19.5 Å². The van der Waals surface area contributed by atoms with Crippen LogP contribution in [0, 0.1) is 0 Å². The van der Waals surface area contributed by atoms with Gasteiger partial charge in [-0.25, -0.2) is 4.79 Å². The number of aliphatic hydroxyl groups excluding tert-OH is 1. The van der Waals surface area contributed by atoms with E-state index in [1.54, 1.807) is 48.8 Å². The second-order valence-electron chi connectivity index (χ2n) is 9.85. The molecule has 0 fully saturated rings. The van der Waals surface area contributed by atoms with E-state index in [1.165, 1.54) is 4.90 Å². The van der Waals surface area contributed by atoms with Gasteiger partial charge in [0.15, 0.2) is 0 Å². The lowest BCUT2D eigenvalue weighted by molar-refractivity contribution is -0.129. The Morgan fingerprint density at radius 1 is 0.974 bits per heavy atom. The van der Waals surface area contributed by atoms with Crippen LogP contribution in [0.15, 0.2) is 18.2 Å². The third-order valence-corrected chi connectivity index (χ3v) is 6.83. The third kappa shape index (κ3) is 14.6. The molecule has 1 rings (SSSR count). The number of benzene rings is 1. The maximum atomic E-state index is 12.6. The maximum absolute atomic E-state index is 12.6. The number of thioether (sulfide) groups is 1. The molecular formula is C28H48N4O5S. The smallest absolute Gasteiger partial charge is 0.410 e. The van der Waals surface area contributed by atoms with Crippen LogP contribution in [0.2, 0.25) is 0 Å². The fourth-order valence-corrected chi connectivity index (χ4v) is 4.16. The average Bonchev–Trinajstić information content (AvgIpc) is 2.89. The standard InChI is InChI=1S/C28H48N4O5S/c1-23(34)32(16-11-9-7-6-8-10-15-29-27(35)14-19-38-5)21-25-20-24(22-33)12-13-26(25)37-28(36)31(4)18-17-30(2)3/h12-13,20,33H,6-11,14-19,21-22H2,1-5H3,(H,29,35). The van der Waals surface area contributed by atoms with Gasteiger partial charge in [-0.3, -0.25) is 9.59 Å². The van der Waals surface area contributed by atoms with Crippen molar-refractivity contribution < 1.29 is 24.2 Å². The summed E-state index contributed by atoms with van der Waals surface area (Å²) in [4.78, 5) is 41.9. The minimum Gasteiger partial charge on any atom is -0.410 e. The Labute approximate surface area is 233 Å². The van der Waals surface area contributed by atoms with E-state index in [2.05, 4.69) is 5.32 Å². The molecule has 0 heterocycles. The number of carbonyl (C=O) groups is 3. The maximum Gasteiger partial charge on any atom is 0.415 e. The molecule has 3 amide bonds. The molecule has 0 aliphatic carbocycles. The first-order valence-electron chi connectivity index (χ1n) is 13.5. The van der Waals surface area contributed by atoms with Crippen LogP contribution >= 0.6 is 11.8 Å². The Morgan fingerprint density at radius 3 is 2.29 bits per heavy atom. The van der Waals surface area contributed by atoms with Crippen molar-refractivity contribution in [3.63, 3.8) is 0 Å². The monoisotopic (exact) mass is 552 g/mol. The summed E-state index contributed by atoms with van der Waals surface area (Å²) < 4.78 is 5.67. The molecule has 1 aromatic rings. The number of nitrogens with zero attached hydrogens (tertiary/aromatic N) is 3. The molecule has 0 radical (unpaired) electrons. The zero-order valence-electron chi connectivity index (χ0n) is 24.0. The number of unbranched alkanes of at least 4 members (excludes halogenated alkanes) is 5. The minimum absolute atomic E-state index is 0.0445. The van der Waals surface area contributed by atoms with Gasteiger partial charge in [0, 0.05) is 64.4 Å². The van der Waals surface area contributed by atoms with Crippen molar-refractivity contribution in [2.45, 2.75) is 65.0 Å². The molecule has 0 atom stereocenters. The zero-order chi connectivity index (χ0) is 28.3. The van der Waals surface area contributed by atoms with E-state index in [0.29, 0.717) is 42.9 Å². The van der Waals surface area contributed by atoms with Gasteiger partial charge in [-0.05, 0) is 50.9 Å². The summed E-state index contributed by atoms with van der Waals surface area (Å²) in [6.07, 6.45) is 8.25. The molecule has 0 saturated heterocycles. The highest BCUT2D eigenvalue weighted by molar-refractivity contribution is 7.98. The summed E-state index contributed by atoms with van der Waals surface area (Å²) in [6.45, 7) is 4.31. The Morgan fingerprint density at radius 2 is 1.66 bits per heavy atom. The Bertz CT molecular complexity index is 853. The lowest BCUT2D eigenvalue weighted by Crippen LogP contribution is -2.35. The molecular weight excluding hydrogens is 504 g/mol. The number of aliphatic hydroxyl groups is 1. The first-order valence-corrected chi connectivity index (χ1v) is 14.9. The normalized spacial score (nSPS) is 10.9. The predicted molar refractivity (Wildman–Crippen MR) is 154 cm³/mol. The van der Waals surface area contributed by atoms with Gasteiger partial charge in [0.05, 0.1) is 6.61 Å². The molecule has 0 aromatic heterocycles. The lowest BCUT2D eigenvalue weighted by Gasteiger charge is -2.24. The van der Waals surface area contributed by atoms with Crippen LogP contribution < -0.4 is 10.1 Å². The summed E-state index contributed by atoms with van der Waals surface area (Å²) in [7, 11) is 5.58. The Hall–Kier alpha value is -2.30. The van der Waals surface area contributed by atoms with Crippen LogP contribution in [0.25, 0.3) is 0 Å². The minimum atomic E-state index is -0.459. The summed E-state index contributed by atoms with van der Waals surface area (Å²) in [5.41, 5.74) is 1.39. The highest BCUT2D eigenvalue weighted by atomic mass is 32.2. The van der Waals surface area contributed by atoms with Crippen molar-refractivity contribution in [2.75, 3.05) is 59.3 Å². The Kier molecular flexibility index (Phi) is 17.5. The highest BCUT2D eigenvalue weighted by Gasteiger charge is 2.18. The van der Waals surface area contributed by atoms with Gasteiger partial charge in [0.1, 0.15) is 5.75 Å². The highest BCUT2D eigenvalue weighted by Crippen LogP contribution is 2.23. The second-order valence-corrected chi connectivity index (χ2v) is 10.8. The van der Waals surface area contributed by atoms with Gasteiger partial charge < -0.3 is 29.9 Å². The molecule has 0 aliphatic rings. The van der Waals surface area contributed by atoms with Crippen LogP contribution in [-0.4, -0.2) is 97.0 Å². The number of hydrogen-bond acceptors (Lipinski definition) is 7. The zero-order valence-corrected chi connectivity index (χ0v) is 24.8. The molecule has 0 unspecified atom stereocenters. The number of hydrogen-bond donors (Lipinski definition) is 2. The second kappa shape index (κ2) is 19.7. The topological polar surface area (TPSA) is 102 Å². The number of amides is 3. The van der Waals surface area contributed by atoms with E-state index in [0.717, 1.165) is 57.4 Å². The number of likely N-dealkylation sites (N-methyl/N-ethyl adjacent to an activating group) is 2. The number of rotatable bonds is 19. The molecule has 216 valence electrons. The summed E-state index contributed by atoms with van der Waals surface area (Å²) in [6, 6.07) is 5.19. The van der Waals surface area contributed by atoms with Crippen molar-refractivity contribution in [3.05, 3.63) is 29.3 Å².